The number of rotatable bonds is 3. The van der Waals surface area contributed by atoms with Gasteiger partial charge in [-0.25, -0.2) is 4.39 Å². The number of hydrogen-bond donors (Lipinski definition) is 1. The Kier molecular flexibility index (Phi) is 4.68. The van der Waals surface area contributed by atoms with Crippen LogP contribution in [0.5, 0.6) is 0 Å². The fraction of sp³-hybridized carbons (Fsp3) is 0.250. The Hall–Kier alpha value is -1.16. The van der Waals surface area contributed by atoms with Crippen molar-refractivity contribution in [3.8, 4) is 0 Å². The number of hydrogen-bond acceptors (Lipinski definition) is 1. The van der Waals surface area contributed by atoms with Crippen LogP contribution in [0.25, 0.3) is 0 Å². The van der Waals surface area contributed by atoms with Crippen molar-refractivity contribution in [1.29, 1.82) is 0 Å². The number of amides is 1. The van der Waals surface area contributed by atoms with Gasteiger partial charge in [0.1, 0.15) is 5.82 Å². The third-order valence-electron chi connectivity index (χ3n) is 1.95. The first-order valence-corrected chi connectivity index (χ1v) is 5.66. The average Bonchev–Trinajstić information content (AvgIpc) is 2.16. The minimum absolute atomic E-state index is 0.0605. The standard InChI is InChI=1S/C12H13BrFNO/c1-8(2)5-6-15-12(16)10-4-3-9(13)7-11(10)14/h3-5,7H,6H2,1-2H3,(H,15,16). The molecule has 0 heterocycles. The SMILES string of the molecule is CC(C)=CCNC(=O)c1ccc(Br)cc1F. The van der Waals surface area contributed by atoms with E-state index in [1.165, 1.54) is 12.1 Å². The second-order valence-electron chi connectivity index (χ2n) is 3.62. The van der Waals surface area contributed by atoms with Crippen LogP contribution in [0.1, 0.15) is 24.2 Å². The molecule has 0 aliphatic rings. The molecule has 0 aliphatic heterocycles. The van der Waals surface area contributed by atoms with Crippen molar-refractivity contribution < 1.29 is 9.18 Å². The van der Waals surface area contributed by atoms with Crippen LogP contribution < -0.4 is 5.32 Å². The van der Waals surface area contributed by atoms with E-state index in [1.54, 1.807) is 6.07 Å². The average molecular weight is 286 g/mol. The summed E-state index contributed by atoms with van der Waals surface area (Å²) in [4.78, 5) is 11.6. The molecular weight excluding hydrogens is 273 g/mol. The Morgan fingerprint density at radius 3 is 2.75 bits per heavy atom. The molecule has 86 valence electrons. The van der Waals surface area contributed by atoms with Crippen LogP contribution in [0.2, 0.25) is 0 Å². The minimum atomic E-state index is -0.524. The molecule has 0 aliphatic carbocycles. The van der Waals surface area contributed by atoms with Gasteiger partial charge in [-0.05, 0) is 32.0 Å². The van der Waals surface area contributed by atoms with Gasteiger partial charge in [0, 0.05) is 11.0 Å². The van der Waals surface area contributed by atoms with E-state index < -0.39 is 11.7 Å². The van der Waals surface area contributed by atoms with Crippen molar-refractivity contribution in [2.75, 3.05) is 6.54 Å². The quantitative estimate of drug-likeness (QED) is 0.849. The maximum absolute atomic E-state index is 13.4. The largest absolute Gasteiger partial charge is 0.348 e. The molecule has 0 radical (unpaired) electrons. The van der Waals surface area contributed by atoms with Gasteiger partial charge in [0.05, 0.1) is 5.56 Å². The third-order valence-corrected chi connectivity index (χ3v) is 2.44. The van der Waals surface area contributed by atoms with Gasteiger partial charge >= 0.3 is 0 Å². The summed E-state index contributed by atoms with van der Waals surface area (Å²) < 4.78 is 14.0. The van der Waals surface area contributed by atoms with Crippen LogP contribution in [0, 0.1) is 5.82 Å². The lowest BCUT2D eigenvalue weighted by atomic mass is 10.2. The van der Waals surface area contributed by atoms with Gasteiger partial charge in [-0.2, -0.15) is 0 Å². The lowest BCUT2D eigenvalue weighted by molar-refractivity contribution is 0.0954. The van der Waals surface area contributed by atoms with Gasteiger partial charge in [0.2, 0.25) is 0 Å². The van der Waals surface area contributed by atoms with E-state index >= 15 is 0 Å². The Bertz CT molecular complexity index is 425. The molecule has 1 rings (SSSR count). The normalized spacial score (nSPS) is 9.75. The van der Waals surface area contributed by atoms with Crippen molar-refractivity contribution in [3.05, 3.63) is 45.7 Å². The first-order valence-electron chi connectivity index (χ1n) is 4.87. The van der Waals surface area contributed by atoms with E-state index in [9.17, 15) is 9.18 Å². The van der Waals surface area contributed by atoms with Crippen LogP contribution in [0.15, 0.2) is 34.3 Å². The van der Waals surface area contributed by atoms with Crippen molar-refractivity contribution in [2.45, 2.75) is 13.8 Å². The lowest BCUT2D eigenvalue weighted by Gasteiger charge is -2.04. The van der Waals surface area contributed by atoms with Crippen molar-refractivity contribution in [1.82, 2.24) is 5.32 Å². The molecule has 0 bridgehead atoms. The molecule has 4 heteroatoms. The van der Waals surface area contributed by atoms with E-state index in [0.29, 0.717) is 11.0 Å². The summed E-state index contributed by atoms with van der Waals surface area (Å²) in [5.41, 5.74) is 1.17. The first kappa shape index (κ1) is 12.9. The third kappa shape index (κ3) is 3.77. The highest BCUT2D eigenvalue weighted by Crippen LogP contribution is 2.14. The van der Waals surface area contributed by atoms with E-state index in [4.69, 9.17) is 0 Å². The molecule has 0 aromatic heterocycles. The highest BCUT2D eigenvalue weighted by molar-refractivity contribution is 9.10. The summed E-state index contributed by atoms with van der Waals surface area (Å²) in [7, 11) is 0. The van der Waals surface area contributed by atoms with E-state index in [0.717, 1.165) is 5.57 Å². The number of halogens is 2. The Balaban J connectivity index is 2.70. The lowest BCUT2D eigenvalue weighted by Crippen LogP contribution is -2.24. The summed E-state index contributed by atoms with van der Waals surface area (Å²) in [6.07, 6.45) is 1.87. The van der Waals surface area contributed by atoms with Crippen LogP contribution in [-0.2, 0) is 0 Å². The molecule has 0 unspecified atom stereocenters. The topological polar surface area (TPSA) is 29.1 Å². The molecule has 0 fully saturated rings. The molecule has 0 atom stereocenters. The van der Waals surface area contributed by atoms with Gasteiger partial charge in [0.15, 0.2) is 0 Å². The maximum atomic E-state index is 13.4. The summed E-state index contributed by atoms with van der Waals surface area (Å²) in [5, 5.41) is 2.62. The second kappa shape index (κ2) is 5.80. The highest BCUT2D eigenvalue weighted by atomic mass is 79.9. The summed E-state index contributed by atoms with van der Waals surface area (Å²) >= 11 is 3.14. The molecule has 16 heavy (non-hydrogen) atoms. The number of carbonyl (C=O) groups excluding carboxylic acids is 1. The zero-order chi connectivity index (χ0) is 12.1. The predicted octanol–water partition coefficient (Wildman–Crippen LogP) is 3.28. The minimum Gasteiger partial charge on any atom is -0.348 e. The Morgan fingerprint density at radius 2 is 2.19 bits per heavy atom. The van der Waals surface area contributed by atoms with E-state index in [1.807, 2.05) is 19.9 Å². The Morgan fingerprint density at radius 1 is 1.50 bits per heavy atom. The molecule has 0 saturated heterocycles. The maximum Gasteiger partial charge on any atom is 0.254 e. The molecule has 1 aromatic rings. The highest BCUT2D eigenvalue weighted by Gasteiger charge is 2.10. The molecule has 2 nitrogen and oxygen atoms in total. The fourth-order valence-electron chi connectivity index (χ4n) is 1.12. The predicted molar refractivity (Wildman–Crippen MR) is 65.9 cm³/mol. The molecule has 1 amide bonds. The van der Waals surface area contributed by atoms with Gasteiger partial charge in [0.25, 0.3) is 5.91 Å². The van der Waals surface area contributed by atoms with Crippen molar-refractivity contribution in [3.63, 3.8) is 0 Å². The summed E-state index contributed by atoms with van der Waals surface area (Å²) in [5.74, 6) is -0.924. The van der Waals surface area contributed by atoms with E-state index in [2.05, 4.69) is 21.2 Å². The summed E-state index contributed by atoms with van der Waals surface area (Å²) in [6, 6.07) is 4.37. The zero-order valence-electron chi connectivity index (χ0n) is 9.18. The van der Waals surface area contributed by atoms with Crippen molar-refractivity contribution in [2.24, 2.45) is 0 Å². The smallest absolute Gasteiger partial charge is 0.254 e. The number of benzene rings is 1. The summed E-state index contributed by atoms with van der Waals surface area (Å²) in [6.45, 7) is 4.29. The van der Waals surface area contributed by atoms with Crippen LogP contribution >= 0.6 is 15.9 Å². The number of nitrogens with one attached hydrogen (secondary N) is 1. The molecule has 0 saturated carbocycles. The van der Waals surface area contributed by atoms with Crippen molar-refractivity contribution >= 4 is 21.8 Å². The molecular formula is C12H13BrFNO. The monoisotopic (exact) mass is 285 g/mol. The zero-order valence-corrected chi connectivity index (χ0v) is 10.8. The molecule has 0 spiro atoms. The van der Waals surface area contributed by atoms with E-state index in [-0.39, 0.29) is 5.56 Å². The number of allylic oxidation sites excluding steroid dienone is 1. The van der Waals surface area contributed by atoms with Crippen LogP contribution in [-0.4, -0.2) is 12.5 Å². The van der Waals surface area contributed by atoms with Gasteiger partial charge in [-0.3, -0.25) is 4.79 Å². The van der Waals surface area contributed by atoms with Gasteiger partial charge < -0.3 is 5.32 Å². The Labute approximate surface area is 103 Å². The number of carbonyl (C=O) groups is 1. The van der Waals surface area contributed by atoms with Gasteiger partial charge in [-0.1, -0.05) is 27.6 Å². The van der Waals surface area contributed by atoms with Crippen LogP contribution in [0.4, 0.5) is 4.39 Å². The second-order valence-corrected chi connectivity index (χ2v) is 4.53. The van der Waals surface area contributed by atoms with Crippen LogP contribution in [0.3, 0.4) is 0 Å². The van der Waals surface area contributed by atoms with Gasteiger partial charge in [-0.15, -0.1) is 0 Å². The first-order chi connectivity index (χ1) is 7.50. The molecule has 1 aromatic carbocycles. The fourth-order valence-corrected chi connectivity index (χ4v) is 1.45. The molecule has 1 N–H and O–H groups in total.